The Labute approximate surface area is 162 Å². The lowest BCUT2D eigenvalue weighted by Gasteiger charge is -2.27. The lowest BCUT2D eigenvalue weighted by atomic mass is 10.0. The standard InChI is InChI=1S/C17H24BrNO6S/c1-5-24-15(20)17(3,26(4,22)23)9-13-10-19(16(21)25-13)14-7-6-12(18)8-11(14)2/h6-8,13,16,21H,5,9-10H2,1-4H3. The smallest absolute Gasteiger partial charge is 0.327 e. The molecule has 0 spiro atoms. The van der Waals surface area contributed by atoms with Crippen molar-refractivity contribution in [3.05, 3.63) is 28.2 Å². The van der Waals surface area contributed by atoms with Crippen LogP contribution in [-0.2, 0) is 24.1 Å². The van der Waals surface area contributed by atoms with Crippen LogP contribution in [0.15, 0.2) is 22.7 Å². The third-order valence-electron chi connectivity index (χ3n) is 4.59. The monoisotopic (exact) mass is 449 g/mol. The third kappa shape index (κ3) is 4.21. The van der Waals surface area contributed by atoms with Crippen molar-refractivity contribution in [2.45, 2.75) is 44.5 Å². The molecule has 0 amide bonds. The van der Waals surface area contributed by atoms with Crippen molar-refractivity contribution >= 4 is 37.4 Å². The molecule has 3 unspecified atom stereocenters. The summed E-state index contributed by atoms with van der Waals surface area (Å²) in [5.41, 5.74) is 1.71. The highest BCUT2D eigenvalue weighted by molar-refractivity contribution is 9.10. The zero-order valence-corrected chi connectivity index (χ0v) is 17.6. The second-order valence-electron chi connectivity index (χ2n) is 6.60. The summed E-state index contributed by atoms with van der Waals surface area (Å²) < 4.78 is 34.2. The maximum absolute atomic E-state index is 12.3. The van der Waals surface area contributed by atoms with Gasteiger partial charge in [-0.15, -0.1) is 0 Å². The summed E-state index contributed by atoms with van der Waals surface area (Å²) in [7, 11) is -3.75. The van der Waals surface area contributed by atoms with E-state index in [0.29, 0.717) is 0 Å². The predicted octanol–water partition coefficient (Wildman–Crippen LogP) is 2.00. The minimum atomic E-state index is -3.75. The van der Waals surface area contributed by atoms with E-state index in [9.17, 15) is 18.3 Å². The molecule has 0 aromatic heterocycles. The summed E-state index contributed by atoms with van der Waals surface area (Å²) in [6.45, 7) is 5.20. The molecule has 3 atom stereocenters. The maximum atomic E-state index is 12.3. The number of esters is 1. The van der Waals surface area contributed by atoms with Gasteiger partial charge in [-0.2, -0.15) is 0 Å². The molecule has 146 valence electrons. The topological polar surface area (TPSA) is 93.1 Å². The van der Waals surface area contributed by atoms with E-state index >= 15 is 0 Å². The molecule has 1 aliphatic rings. The van der Waals surface area contributed by atoms with Crippen LogP contribution in [0.2, 0.25) is 0 Å². The number of ether oxygens (including phenoxy) is 2. The van der Waals surface area contributed by atoms with Crippen molar-refractivity contribution in [3.8, 4) is 0 Å². The summed E-state index contributed by atoms with van der Waals surface area (Å²) in [5.74, 6) is -0.807. The lowest BCUT2D eigenvalue weighted by Crippen LogP contribution is -2.47. The Hall–Kier alpha value is -1.16. The van der Waals surface area contributed by atoms with Gasteiger partial charge < -0.3 is 19.5 Å². The van der Waals surface area contributed by atoms with Gasteiger partial charge in [-0.25, -0.2) is 8.42 Å². The van der Waals surface area contributed by atoms with E-state index in [4.69, 9.17) is 9.47 Å². The van der Waals surface area contributed by atoms with Gasteiger partial charge in [-0.1, -0.05) is 15.9 Å². The summed E-state index contributed by atoms with van der Waals surface area (Å²) in [6, 6.07) is 5.60. The van der Waals surface area contributed by atoms with Crippen molar-refractivity contribution < 1.29 is 27.8 Å². The van der Waals surface area contributed by atoms with Crippen LogP contribution in [0.4, 0.5) is 5.69 Å². The number of sulfone groups is 1. The number of aryl methyl sites for hydroxylation is 1. The molecule has 1 saturated heterocycles. The van der Waals surface area contributed by atoms with Gasteiger partial charge in [0.2, 0.25) is 6.41 Å². The van der Waals surface area contributed by atoms with Crippen LogP contribution >= 0.6 is 15.9 Å². The van der Waals surface area contributed by atoms with Crippen LogP contribution in [0.1, 0.15) is 25.8 Å². The summed E-state index contributed by atoms with van der Waals surface area (Å²) >= 11 is 3.39. The number of hydrogen-bond acceptors (Lipinski definition) is 7. The van der Waals surface area contributed by atoms with Crippen LogP contribution in [-0.4, -0.2) is 56.2 Å². The predicted molar refractivity (Wildman–Crippen MR) is 102 cm³/mol. The Morgan fingerprint density at radius 3 is 2.69 bits per heavy atom. The molecule has 26 heavy (non-hydrogen) atoms. The minimum Gasteiger partial charge on any atom is -0.465 e. The number of nitrogens with zero attached hydrogens (tertiary/aromatic N) is 1. The normalized spacial score (nSPS) is 22.9. The molecule has 0 radical (unpaired) electrons. The quantitative estimate of drug-likeness (QED) is 0.663. The van der Waals surface area contributed by atoms with Gasteiger partial charge >= 0.3 is 5.97 Å². The van der Waals surface area contributed by atoms with Crippen LogP contribution in [0.3, 0.4) is 0 Å². The number of rotatable bonds is 6. The second kappa shape index (κ2) is 7.84. The molecule has 0 aliphatic carbocycles. The SMILES string of the molecule is CCOC(=O)C(C)(CC1CN(c2ccc(Br)cc2C)C(O)O1)S(C)(=O)=O. The number of halogens is 1. The van der Waals surface area contributed by atoms with E-state index < -0.39 is 33.1 Å². The molecule has 1 aromatic rings. The van der Waals surface area contributed by atoms with Crippen LogP contribution in [0.25, 0.3) is 0 Å². The average molecular weight is 450 g/mol. The first kappa shape index (κ1) is 21.1. The van der Waals surface area contributed by atoms with Crippen LogP contribution in [0, 0.1) is 6.92 Å². The first-order valence-electron chi connectivity index (χ1n) is 8.22. The third-order valence-corrected chi connectivity index (χ3v) is 7.06. The number of hydrogen-bond donors (Lipinski definition) is 1. The van der Waals surface area contributed by atoms with Crippen molar-refractivity contribution in [2.75, 3.05) is 24.3 Å². The van der Waals surface area contributed by atoms with Gasteiger partial charge in [0.15, 0.2) is 14.6 Å². The number of anilines is 1. The highest BCUT2D eigenvalue weighted by Gasteiger charge is 2.49. The zero-order valence-electron chi connectivity index (χ0n) is 15.2. The highest BCUT2D eigenvalue weighted by Crippen LogP contribution is 2.33. The first-order valence-corrected chi connectivity index (χ1v) is 10.9. The van der Waals surface area contributed by atoms with Crippen LogP contribution in [0.5, 0.6) is 0 Å². The van der Waals surface area contributed by atoms with Crippen molar-refractivity contribution in [3.63, 3.8) is 0 Å². The van der Waals surface area contributed by atoms with E-state index in [0.717, 1.165) is 22.0 Å². The number of carbonyl (C=O) groups excluding carboxylic acids is 1. The van der Waals surface area contributed by atoms with E-state index in [1.807, 2.05) is 25.1 Å². The molecular weight excluding hydrogens is 426 g/mol. The fraction of sp³-hybridized carbons (Fsp3) is 0.588. The maximum Gasteiger partial charge on any atom is 0.327 e. The molecule has 2 rings (SSSR count). The Morgan fingerprint density at radius 2 is 2.15 bits per heavy atom. The van der Waals surface area contributed by atoms with Gasteiger partial charge in [-0.05, 0) is 44.5 Å². The number of benzene rings is 1. The highest BCUT2D eigenvalue weighted by atomic mass is 79.9. The van der Waals surface area contributed by atoms with Gasteiger partial charge in [0.1, 0.15) is 0 Å². The molecular formula is C17H24BrNO6S. The molecule has 1 aliphatic heterocycles. The van der Waals surface area contributed by atoms with E-state index in [-0.39, 0.29) is 19.6 Å². The summed E-state index contributed by atoms with van der Waals surface area (Å²) in [5, 5.41) is 10.3. The molecule has 7 nitrogen and oxygen atoms in total. The average Bonchev–Trinajstić information content (AvgIpc) is 2.86. The van der Waals surface area contributed by atoms with Gasteiger partial charge in [0.25, 0.3) is 0 Å². The van der Waals surface area contributed by atoms with Gasteiger partial charge in [0, 0.05) is 29.4 Å². The summed E-state index contributed by atoms with van der Waals surface area (Å²) in [6.07, 6.45) is -0.956. The van der Waals surface area contributed by atoms with Crippen LogP contribution < -0.4 is 4.90 Å². The lowest BCUT2D eigenvalue weighted by molar-refractivity contribution is -0.148. The Kier molecular flexibility index (Phi) is 6.37. The number of aliphatic hydroxyl groups excluding tert-OH is 1. The molecule has 0 bridgehead atoms. The Morgan fingerprint density at radius 1 is 1.50 bits per heavy atom. The van der Waals surface area contributed by atoms with Crippen molar-refractivity contribution in [2.24, 2.45) is 0 Å². The van der Waals surface area contributed by atoms with Gasteiger partial charge in [-0.3, -0.25) is 4.79 Å². The van der Waals surface area contributed by atoms with Crippen molar-refractivity contribution in [1.29, 1.82) is 0 Å². The number of aliphatic hydroxyl groups is 1. The van der Waals surface area contributed by atoms with E-state index in [1.54, 1.807) is 11.8 Å². The first-order chi connectivity index (χ1) is 12.0. The molecule has 9 heteroatoms. The fourth-order valence-corrected chi connectivity index (χ4v) is 4.30. The fourth-order valence-electron chi connectivity index (χ4n) is 2.97. The second-order valence-corrected chi connectivity index (χ2v) is 9.96. The zero-order chi connectivity index (χ0) is 19.7. The number of carbonyl (C=O) groups is 1. The molecule has 1 fully saturated rings. The van der Waals surface area contributed by atoms with Crippen molar-refractivity contribution in [1.82, 2.24) is 0 Å². The molecule has 1 N–H and O–H groups in total. The van der Waals surface area contributed by atoms with Gasteiger partial charge in [0.05, 0.1) is 12.7 Å². The molecule has 1 heterocycles. The Bertz CT molecular complexity index is 783. The largest absolute Gasteiger partial charge is 0.465 e. The van der Waals surface area contributed by atoms with E-state index in [1.165, 1.54) is 6.92 Å². The molecule has 0 saturated carbocycles. The molecule has 1 aromatic carbocycles. The Balaban J connectivity index is 2.23. The summed E-state index contributed by atoms with van der Waals surface area (Å²) in [4.78, 5) is 13.9. The van der Waals surface area contributed by atoms with E-state index in [2.05, 4.69) is 15.9 Å². The minimum absolute atomic E-state index is 0.0856.